The van der Waals surface area contributed by atoms with E-state index in [0.717, 1.165) is 63.6 Å². The van der Waals surface area contributed by atoms with Crippen molar-refractivity contribution in [1.82, 2.24) is 4.90 Å². The Balaban J connectivity index is 1.37. The Morgan fingerprint density at radius 1 is 0.970 bits per heavy atom. The van der Waals surface area contributed by atoms with Gasteiger partial charge in [-0.25, -0.2) is 0 Å². The molecule has 0 atom stereocenters. The molecule has 1 N–H and O–H groups in total. The van der Waals surface area contributed by atoms with Crippen molar-refractivity contribution in [1.29, 1.82) is 0 Å². The molecular formula is C27H34N4O2. The molecule has 1 fully saturated rings. The predicted octanol–water partition coefficient (Wildman–Crippen LogP) is 4.68. The Kier molecular flexibility index (Phi) is 5.02. The van der Waals surface area contributed by atoms with Crippen molar-refractivity contribution >= 4 is 22.8 Å². The van der Waals surface area contributed by atoms with E-state index in [-0.39, 0.29) is 5.92 Å². The Morgan fingerprint density at radius 2 is 1.79 bits per heavy atom. The van der Waals surface area contributed by atoms with Crippen LogP contribution in [0.25, 0.3) is 0 Å². The summed E-state index contributed by atoms with van der Waals surface area (Å²) in [7, 11) is 2.13. The molecule has 0 spiro atoms. The molecule has 6 rings (SSSR count). The van der Waals surface area contributed by atoms with Crippen molar-refractivity contribution in [2.45, 2.75) is 58.7 Å². The minimum absolute atomic E-state index is 0.190. The van der Waals surface area contributed by atoms with Gasteiger partial charge in [-0.15, -0.1) is 0 Å². The molecule has 2 bridgehead atoms. The fourth-order valence-electron chi connectivity index (χ4n) is 6.53. The van der Waals surface area contributed by atoms with E-state index in [1.165, 1.54) is 47.3 Å². The lowest BCUT2D eigenvalue weighted by molar-refractivity contribution is 0.0889. The average molecular weight is 447 g/mol. The Labute approximate surface area is 196 Å². The first-order valence-electron chi connectivity index (χ1n) is 12.5. The molecule has 0 radical (unpaired) electrons. The number of phenolic OH excluding ortho intramolecular Hbond substituents is 1. The first-order valence-corrected chi connectivity index (χ1v) is 12.5. The molecule has 1 aliphatic carbocycles. The minimum atomic E-state index is 0.190. The van der Waals surface area contributed by atoms with Crippen LogP contribution in [0.3, 0.4) is 0 Å². The van der Waals surface area contributed by atoms with Crippen molar-refractivity contribution in [3.05, 3.63) is 46.5 Å². The maximum Gasteiger partial charge on any atom is 0.165 e. The van der Waals surface area contributed by atoms with Gasteiger partial charge in [-0.2, -0.15) is 0 Å². The van der Waals surface area contributed by atoms with E-state index >= 15 is 0 Å². The maximum absolute atomic E-state index is 13.2. The number of benzene rings is 2. The number of rotatable bonds is 3. The topological polar surface area (TPSA) is 50.3 Å². The Morgan fingerprint density at radius 3 is 2.58 bits per heavy atom. The van der Waals surface area contributed by atoms with Gasteiger partial charge in [-0.05, 0) is 62.2 Å². The summed E-state index contributed by atoms with van der Waals surface area (Å²) >= 11 is 0. The van der Waals surface area contributed by atoms with E-state index in [9.17, 15) is 9.90 Å². The number of anilines is 3. The first-order chi connectivity index (χ1) is 16.0. The lowest BCUT2D eigenvalue weighted by Gasteiger charge is -2.48. The Bertz CT molecular complexity index is 1110. The number of phenols is 1. The van der Waals surface area contributed by atoms with Crippen LogP contribution in [0.5, 0.6) is 5.75 Å². The minimum Gasteiger partial charge on any atom is -0.506 e. The highest BCUT2D eigenvalue weighted by atomic mass is 16.3. The molecule has 1 saturated carbocycles. The summed E-state index contributed by atoms with van der Waals surface area (Å²) in [6.45, 7) is 7.19. The first kappa shape index (κ1) is 20.8. The smallest absolute Gasteiger partial charge is 0.165 e. The third kappa shape index (κ3) is 3.38. The number of carbonyl (C=O) groups is 1. The van der Waals surface area contributed by atoms with Crippen molar-refractivity contribution in [3.8, 4) is 5.75 Å². The van der Waals surface area contributed by atoms with Crippen molar-refractivity contribution in [2.75, 3.05) is 41.6 Å². The molecular weight excluding hydrogens is 412 g/mol. The molecule has 33 heavy (non-hydrogen) atoms. The van der Waals surface area contributed by atoms with Crippen molar-refractivity contribution in [2.24, 2.45) is 5.92 Å². The summed E-state index contributed by atoms with van der Waals surface area (Å²) in [4.78, 5) is 22.6. The summed E-state index contributed by atoms with van der Waals surface area (Å²) in [5.41, 5.74) is 7.99. The van der Waals surface area contributed by atoms with Crippen LogP contribution in [0, 0.1) is 5.92 Å². The zero-order valence-corrected chi connectivity index (χ0v) is 19.8. The van der Waals surface area contributed by atoms with E-state index in [1.807, 2.05) is 12.1 Å². The second kappa shape index (κ2) is 7.94. The molecule has 2 aromatic rings. The Hall–Kier alpha value is -2.73. The summed E-state index contributed by atoms with van der Waals surface area (Å²) < 4.78 is 0. The molecule has 6 heteroatoms. The number of carbonyl (C=O) groups excluding carboxylic acids is 1. The molecule has 174 valence electrons. The van der Waals surface area contributed by atoms with Crippen molar-refractivity contribution in [3.63, 3.8) is 0 Å². The highest BCUT2D eigenvalue weighted by molar-refractivity contribution is 5.98. The quantitative estimate of drug-likeness (QED) is 0.691. The van der Waals surface area contributed by atoms with Gasteiger partial charge in [0.1, 0.15) is 5.75 Å². The van der Waals surface area contributed by atoms with Crippen LogP contribution < -0.4 is 14.7 Å². The van der Waals surface area contributed by atoms with Gasteiger partial charge in [-0.3, -0.25) is 9.69 Å². The van der Waals surface area contributed by atoms with Crippen LogP contribution >= 0.6 is 0 Å². The molecule has 3 aliphatic heterocycles. The second-order valence-corrected chi connectivity index (χ2v) is 10.3. The number of aromatic hydroxyl groups is 1. The van der Waals surface area contributed by atoms with E-state index in [4.69, 9.17) is 0 Å². The van der Waals surface area contributed by atoms with Gasteiger partial charge < -0.3 is 19.8 Å². The van der Waals surface area contributed by atoms with Gasteiger partial charge in [0.15, 0.2) is 5.78 Å². The number of nitrogens with zero attached hydrogens (tertiary/aromatic N) is 4. The number of ketones is 1. The van der Waals surface area contributed by atoms with Crippen LogP contribution in [0.4, 0.5) is 17.1 Å². The predicted molar refractivity (Wildman–Crippen MR) is 132 cm³/mol. The van der Waals surface area contributed by atoms with Crippen LogP contribution in [0.15, 0.2) is 24.3 Å². The molecule has 3 heterocycles. The lowest BCUT2D eigenvalue weighted by atomic mass is 9.83. The molecule has 4 aliphatic rings. The SMILES string of the molecule is CCN1CN(C)Cc2cc(O)c3c(c21)CN1CN3Cc2cc(C(=O)C3CCCCC3)ccc21. The molecule has 0 amide bonds. The summed E-state index contributed by atoms with van der Waals surface area (Å²) in [6.07, 6.45) is 5.67. The third-order valence-corrected chi connectivity index (χ3v) is 8.03. The van der Waals surface area contributed by atoms with Crippen molar-refractivity contribution < 1.29 is 9.90 Å². The van der Waals surface area contributed by atoms with E-state index in [1.54, 1.807) is 0 Å². The number of hydrogen-bond acceptors (Lipinski definition) is 6. The molecule has 2 aromatic carbocycles. The monoisotopic (exact) mass is 446 g/mol. The molecule has 0 unspecified atom stereocenters. The zero-order chi connectivity index (χ0) is 22.7. The van der Waals surface area contributed by atoms with Crippen LogP contribution in [-0.2, 0) is 19.6 Å². The maximum atomic E-state index is 13.2. The van der Waals surface area contributed by atoms with Crippen LogP contribution in [-0.4, -0.2) is 42.7 Å². The fourth-order valence-corrected chi connectivity index (χ4v) is 6.53. The zero-order valence-electron chi connectivity index (χ0n) is 19.8. The van der Waals surface area contributed by atoms with Crippen LogP contribution in [0.2, 0.25) is 0 Å². The van der Waals surface area contributed by atoms with Crippen LogP contribution in [0.1, 0.15) is 66.1 Å². The molecule has 0 saturated heterocycles. The lowest BCUT2D eigenvalue weighted by Crippen LogP contribution is -2.48. The normalized spacial score (nSPS) is 20.4. The highest BCUT2D eigenvalue weighted by Gasteiger charge is 2.36. The van der Waals surface area contributed by atoms with Gasteiger partial charge in [0.05, 0.1) is 19.0 Å². The van der Waals surface area contributed by atoms with E-state index in [2.05, 4.69) is 45.7 Å². The number of hydrogen-bond donors (Lipinski definition) is 1. The molecule has 6 nitrogen and oxygen atoms in total. The summed E-state index contributed by atoms with van der Waals surface area (Å²) in [6, 6.07) is 8.31. The summed E-state index contributed by atoms with van der Waals surface area (Å²) in [5, 5.41) is 11.1. The van der Waals surface area contributed by atoms with Gasteiger partial charge in [0.2, 0.25) is 0 Å². The van der Waals surface area contributed by atoms with E-state index < -0.39 is 0 Å². The summed E-state index contributed by atoms with van der Waals surface area (Å²) in [5.74, 6) is 0.890. The average Bonchev–Trinajstić information content (AvgIpc) is 2.82. The second-order valence-electron chi connectivity index (χ2n) is 10.3. The van der Waals surface area contributed by atoms with Gasteiger partial charge in [0, 0.05) is 54.6 Å². The van der Waals surface area contributed by atoms with Gasteiger partial charge >= 0.3 is 0 Å². The largest absolute Gasteiger partial charge is 0.506 e. The highest BCUT2D eigenvalue weighted by Crippen LogP contribution is 2.48. The number of fused-ring (bicyclic) bond motifs is 8. The fraction of sp³-hybridized carbons (Fsp3) is 0.519. The molecule has 0 aromatic heterocycles. The van der Waals surface area contributed by atoms with Gasteiger partial charge in [0.25, 0.3) is 0 Å². The van der Waals surface area contributed by atoms with Gasteiger partial charge in [-0.1, -0.05) is 19.3 Å². The third-order valence-electron chi connectivity index (χ3n) is 8.03. The standard InChI is InChI=1S/C27H34N4O2/c1-3-29-16-28(2)13-21-12-24(32)26-22(25(21)29)15-30-17-31(26)14-20-11-19(9-10-23(20)30)27(33)18-7-5-4-6-8-18/h9-12,18,32H,3-8,13-17H2,1-2H3. The van der Waals surface area contributed by atoms with E-state index in [0.29, 0.717) is 11.5 Å². The number of Topliss-reactive ketones (excluding diaryl/α,β-unsaturated/α-hetero) is 1.